The van der Waals surface area contributed by atoms with E-state index >= 15 is 0 Å². The van der Waals surface area contributed by atoms with Crippen LogP contribution in [0.3, 0.4) is 0 Å². The van der Waals surface area contributed by atoms with Crippen molar-refractivity contribution in [3.63, 3.8) is 0 Å². The van der Waals surface area contributed by atoms with Gasteiger partial charge in [0.2, 0.25) is 0 Å². The van der Waals surface area contributed by atoms with Gasteiger partial charge in [-0.15, -0.1) is 0 Å². The second kappa shape index (κ2) is 8.43. The summed E-state index contributed by atoms with van der Waals surface area (Å²) in [6.07, 6.45) is 1.91. The molecule has 158 valence electrons. The van der Waals surface area contributed by atoms with Crippen molar-refractivity contribution in [2.75, 3.05) is 13.7 Å². The van der Waals surface area contributed by atoms with Gasteiger partial charge in [-0.25, -0.2) is 0 Å². The zero-order valence-electron chi connectivity index (χ0n) is 17.2. The molecule has 0 bridgehead atoms. The van der Waals surface area contributed by atoms with Crippen LogP contribution >= 0.6 is 11.6 Å². The summed E-state index contributed by atoms with van der Waals surface area (Å²) in [7, 11) is 1.68. The molecule has 0 aromatic heterocycles. The predicted octanol–water partition coefficient (Wildman–Crippen LogP) is 3.67. The monoisotopic (exact) mass is 434 g/mol. The minimum atomic E-state index is 0.625. The van der Waals surface area contributed by atoms with Crippen LogP contribution in [0.25, 0.3) is 0 Å². The van der Waals surface area contributed by atoms with Crippen LogP contribution in [-0.2, 0) is 13.1 Å². The van der Waals surface area contributed by atoms with E-state index in [1.165, 1.54) is 11.1 Å². The van der Waals surface area contributed by atoms with Gasteiger partial charge in [0.05, 0.1) is 25.9 Å². The maximum absolute atomic E-state index is 6.02. The van der Waals surface area contributed by atoms with Gasteiger partial charge < -0.3 is 10.1 Å². The lowest BCUT2D eigenvalue weighted by molar-refractivity contribution is 0.302. The van der Waals surface area contributed by atoms with Crippen molar-refractivity contribution < 1.29 is 4.74 Å². The third kappa shape index (κ3) is 4.14. The third-order valence-corrected chi connectivity index (χ3v) is 5.88. The average molecular weight is 435 g/mol. The van der Waals surface area contributed by atoms with Crippen LogP contribution < -0.4 is 15.6 Å². The number of benzene rings is 2. The highest BCUT2D eigenvalue weighted by atomic mass is 35.5. The third-order valence-electron chi connectivity index (χ3n) is 5.63. The number of hydrogen-bond acceptors (Lipinski definition) is 7. The molecule has 2 aromatic carbocycles. The number of rotatable bonds is 5. The standard InChI is InChI=1S/C23H23ClN6O/c1-31-19-9-4-16(5-10-19)13-30-14-17-6-11-20-21(17)22(27-29-26-20)23(28-30)25-12-15-2-7-18(24)8-3-15/h2-5,7-10,29H,6,11-14H2,1H3,(H,25,28). The molecule has 1 aliphatic carbocycles. The Labute approximate surface area is 186 Å². The Morgan fingerprint density at radius 1 is 1.03 bits per heavy atom. The van der Waals surface area contributed by atoms with Gasteiger partial charge in [-0.1, -0.05) is 35.9 Å². The van der Waals surface area contributed by atoms with Crippen molar-refractivity contribution in [3.05, 3.63) is 75.8 Å². The maximum atomic E-state index is 6.02. The summed E-state index contributed by atoms with van der Waals surface area (Å²) < 4.78 is 5.28. The summed E-state index contributed by atoms with van der Waals surface area (Å²) >= 11 is 6.02. The van der Waals surface area contributed by atoms with E-state index in [2.05, 4.69) is 38.2 Å². The lowest BCUT2D eigenvalue weighted by Crippen LogP contribution is -2.37. The minimum Gasteiger partial charge on any atom is -0.497 e. The van der Waals surface area contributed by atoms with Gasteiger partial charge in [0.15, 0.2) is 5.84 Å². The van der Waals surface area contributed by atoms with Crippen molar-refractivity contribution in [3.8, 4) is 5.75 Å². The van der Waals surface area contributed by atoms with Crippen molar-refractivity contribution >= 4 is 28.9 Å². The second-order valence-corrected chi connectivity index (χ2v) is 8.13. The van der Waals surface area contributed by atoms with Crippen LogP contribution in [0.5, 0.6) is 5.75 Å². The Morgan fingerprint density at radius 2 is 1.81 bits per heavy atom. The molecule has 0 amide bonds. The molecule has 7 nitrogen and oxygen atoms in total. The molecule has 5 rings (SSSR count). The summed E-state index contributed by atoms with van der Waals surface area (Å²) in [6, 6.07) is 15.9. The zero-order chi connectivity index (χ0) is 21.2. The van der Waals surface area contributed by atoms with Gasteiger partial charge >= 0.3 is 0 Å². The van der Waals surface area contributed by atoms with E-state index in [1.54, 1.807) is 7.11 Å². The molecule has 2 aromatic rings. The first kappa shape index (κ1) is 19.6. The van der Waals surface area contributed by atoms with Crippen LogP contribution in [0.15, 0.2) is 75.0 Å². The zero-order valence-corrected chi connectivity index (χ0v) is 18.0. The Bertz CT molecular complexity index is 1100. The number of nitrogens with one attached hydrogen (secondary N) is 2. The predicted molar refractivity (Wildman–Crippen MR) is 123 cm³/mol. The number of amidine groups is 1. The van der Waals surface area contributed by atoms with Gasteiger partial charge in [0.1, 0.15) is 11.5 Å². The molecule has 0 fully saturated rings. The molecule has 0 saturated heterocycles. The van der Waals surface area contributed by atoms with Gasteiger partial charge in [0, 0.05) is 17.1 Å². The molecule has 2 heterocycles. The van der Waals surface area contributed by atoms with Gasteiger partial charge in [-0.3, -0.25) is 5.01 Å². The fourth-order valence-corrected chi connectivity index (χ4v) is 4.17. The maximum Gasteiger partial charge on any atom is 0.174 e. The number of hydrazone groups is 3. The Morgan fingerprint density at radius 3 is 2.58 bits per heavy atom. The topological polar surface area (TPSA) is 73.6 Å². The number of ether oxygens (including phenoxy) is 1. The Balaban J connectivity index is 1.43. The lowest BCUT2D eigenvalue weighted by atomic mass is 10.0. The van der Waals surface area contributed by atoms with Crippen molar-refractivity contribution in [2.45, 2.75) is 25.9 Å². The van der Waals surface area contributed by atoms with Crippen LogP contribution in [0, 0.1) is 0 Å². The average Bonchev–Trinajstić information content (AvgIpc) is 3.14. The van der Waals surface area contributed by atoms with Crippen LogP contribution in [0.4, 0.5) is 0 Å². The number of methoxy groups -OCH3 is 1. The van der Waals surface area contributed by atoms with E-state index in [4.69, 9.17) is 21.4 Å². The van der Waals surface area contributed by atoms with Crippen molar-refractivity contribution in [1.82, 2.24) is 15.9 Å². The molecular weight excluding hydrogens is 412 g/mol. The first-order valence-electron chi connectivity index (χ1n) is 10.3. The van der Waals surface area contributed by atoms with Crippen LogP contribution in [-0.4, -0.2) is 35.9 Å². The van der Waals surface area contributed by atoms with Crippen molar-refractivity contribution in [2.24, 2.45) is 15.3 Å². The molecule has 31 heavy (non-hydrogen) atoms. The van der Waals surface area contributed by atoms with E-state index in [1.807, 2.05) is 36.4 Å². The molecule has 0 saturated carbocycles. The Hall–Kier alpha value is -3.32. The highest BCUT2D eigenvalue weighted by molar-refractivity contribution is 6.54. The fraction of sp³-hybridized carbons (Fsp3) is 0.261. The van der Waals surface area contributed by atoms with Gasteiger partial charge in [0.25, 0.3) is 0 Å². The normalized spacial score (nSPS) is 17.2. The lowest BCUT2D eigenvalue weighted by Gasteiger charge is -2.20. The fourth-order valence-electron chi connectivity index (χ4n) is 4.04. The van der Waals surface area contributed by atoms with E-state index in [9.17, 15) is 0 Å². The van der Waals surface area contributed by atoms with Crippen molar-refractivity contribution in [1.29, 1.82) is 0 Å². The molecule has 3 aliphatic rings. The number of hydrogen-bond donors (Lipinski definition) is 2. The van der Waals surface area contributed by atoms with Crippen LogP contribution in [0.2, 0.25) is 5.02 Å². The minimum absolute atomic E-state index is 0.625. The molecule has 2 aliphatic heterocycles. The summed E-state index contributed by atoms with van der Waals surface area (Å²) in [5, 5.41) is 20.2. The molecule has 0 unspecified atom stereocenters. The van der Waals surface area contributed by atoms with E-state index in [0.717, 1.165) is 58.6 Å². The number of nitrogens with zero attached hydrogens (tertiary/aromatic N) is 4. The quantitative estimate of drug-likeness (QED) is 0.753. The molecule has 8 heteroatoms. The van der Waals surface area contributed by atoms with Crippen LogP contribution in [0.1, 0.15) is 24.0 Å². The molecular formula is C23H23ClN6O. The largest absolute Gasteiger partial charge is 0.497 e. The number of halogens is 1. The second-order valence-electron chi connectivity index (χ2n) is 7.70. The summed E-state index contributed by atoms with van der Waals surface area (Å²) in [5.41, 5.74) is 9.49. The Kier molecular flexibility index (Phi) is 5.34. The van der Waals surface area contributed by atoms with E-state index in [-0.39, 0.29) is 0 Å². The SMILES string of the molecule is COc1ccc(CN2CC3=C4C(=NNN=C4C(NCc4ccc(Cl)cc4)=N2)CC3)cc1. The van der Waals surface area contributed by atoms with E-state index < -0.39 is 0 Å². The van der Waals surface area contributed by atoms with Gasteiger partial charge in [-0.05, 0) is 53.8 Å². The first-order valence-corrected chi connectivity index (χ1v) is 10.6. The summed E-state index contributed by atoms with van der Waals surface area (Å²) in [5.74, 6) is 1.59. The molecule has 0 spiro atoms. The first-order chi connectivity index (χ1) is 15.2. The molecule has 0 atom stereocenters. The summed E-state index contributed by atoms with van der Waals surface area (Å²) in [6.45, 7) is 2.08. The smallest absolute Gasteiger partial charge is 0.174 e. The van der Waals surface area contributed by atoms with Gasteiger partial charge in [-0.2, -0.15) is 20.8 Å². The van der Waals surface area contributed by atoms with E-state index in [0.29, 0.717) is 13.1 Å². The molecule has 2 N–H and O–H groups in total. The summed E-state index contributed by atoms with van der Waals surface area (Å²) in [4.78, 5) is 0. The highest BCUT2D eigenvalue weighted by Gasteiger charge is 2.33. The molecule has 0 radical (unpaired) electrons. The highest BCUT2D eigenvalue weighted by Crippen LogP contribution is 2.30.